The van der Waals surface area contributed by atoms with Gasteiger partial charge < -0.3 is 5.11 Å². The van der Waals surface area contributed by atoms with E-state index in [1.165, 1.54) is 0 Å². The summed E-state index contributed by atoms with van der Waals surface area (Å²) < 4.78 is 0. The minimum Gasteiger partial charge on any atom is -0.382 e. The SMILES string of the molecule is N#CC1(c2ccccc2)CCC(O)(c2n[nH]c(C3CC3)n2)CC1. The number of aliphatic hydroxyl groups is 1. The molecule has 2 aliphatic rings. The van der Waals surface area contributed by atoms with Crippen molar-refractivity contribution in [3.63, 3.8) is 0 Å². The van der Waals surface area contributed by atoms with E-state index in [1.54, 1.807) is 0 Å². The molecule has 0 radical (unpaired) electrons. The summed E-state index contributed by atoms with van der Waals surface area (Å²) in [6.45, 7) is 0. The van der Waals surface area contributed by atoms with Gasteiger partial charge in [-0.1, -0.05) is 30.3 Å². The van der Waals surface area contributed by atoms with E-state index in [-0.39, 0.29) is 0 Å². The van der Waals surface area contributed by atoms with E-state index in [9.17, 15) is 10.4 Å². The van der Waals surface area contributed by atoms with Crippen molar-refractivity contribution in [2.24, 2.45) is 0 Å². The number of aromatic amines is 1. The predicted octanol–water partition coefficient (Wildman–Crippen LogP) is 2.91. The van der Waals surface area contributed by atoms with E-state index in [4.69, 9.17) is 0 Å². The van der Waals surface area contributed by atoms with Crippen LogP contribution < -0.4 is 0 Å². The summed E-state index contributed by atoms with van der Waals surface area (Å²) in [6, 6.07) is 12.4. The Kier molecular flexibility index (Phi) is 3.24. The summed E-state index contributed by atoms with van der Waals surface area (Å²) >= 11 is 0. The number of benzene rings is 1. The van der Waals surface area contributed by atoms with Gasteiger partial charge in [-0.3, -0.25) is 5.10 Å². The van der Waals surface area contributed by atoms with Gasteiger partial charge in [-0.15, -0.1) is 0 Å². The first-order valence-corrected chi connectivity index (χ1v) is 8.27. The van der Waals surface area contributed by atoms with Crippen molar-refractivity contribution < 1.29 is 5.11 Å². The first kappa shape index (κ1) is 14.4. The largest absolute Gasteiger partial charge is 0.382 e. The van der Waals surface area contributed by atoms with E-state index in [1.807, 2.05) is 30.3 Å². The van der Waals surface area contributed by atoms with Gasteiger partial charge >= 0.3 is 0 Å². The Morgan fingerprint density at radius 1 is 1.13 bits per heavy atom. The zero-order chi connectivity index (χ0) is 15.9. The second-order valence-corrected chi connectivity index (χ2v) is 6.91. The molecule has 0 saturated heterocycles. The molecule has 1 heterocycles. The summed E-state index contributed by atoms with van der Waals surface area (Å²) in [4.78, 5) is 4.51. The highest BCUT2D eigenvalue weighted by Crippen LogP contribution is 2.46. The molecular formula is C18H20N4O. The molecule has 1 aromatic heterocycles. The minimum atomic E-state index is -1.02. The minimum absolute atomic E-state index is 0.492. The summed E-state index contributed by atoms with van der Waals surface area (Å²) in [5.41, 5.74) is -0.486. The third kappa shape index (κ3) is 2.43. The zero-order valence-electron chi connectivity index (χ0n) is 13.0. The molecule has 2 N–H and O–H groups in total. The molecule has 0 bridgehead atoms. The van der Waals surface area contributed by atoms with Crippen molar-refractivity contribution in [2.45, 2.75) is 55.5 Å². The molecule has 2 aliphatic carbocycles. The zero-order valence-corrected chi connectivity index (χ0v) is 13.0. The quantitative estimate of drug-likeness (QED) is 0.913. The molecule has 0 amide bonds. The van der Waals surface area contributed by atoms with Crippen molar-refractivity contribution in [2.75, 3.05) is 0 Å². The van der Waals surface area contributed by atoms with Gasteiger partial charge in [-0.25, -0.2) is 4.98 Å². The number of nitrogens with zero attached hydrogens (tertiary/aromatic N) is 3. The van der Waals surface area contributed by atoms with Gasteiger partial charge in [0, 0.05) is 5.92 Å². The lowest BCUT2D eigenvalue weighted by Gasteiger charge is -2.39. The molecule has 0 unspecified atom stereocenters. The highest BCUT2D eigenvalue weighted by atomic mass is 16.3. The molecule has 118 valence electrons. The molecule has 0 aliphatic heterocycles. The molecule has 0 atom stereocenters. The first-order valence-electron chi connectivity index (χ1n) is 8.27. The second kappa shape index (κ2) is 5.17. The lowest BCUT2D eigenvalue weighted by molar-refractivity contribution is -0.0213. The van der Waals surface area contributed by atoms with Gasteiger partial charge in [-0.2, -0.15) is 10.4 Å². The number of aromatic nitrogens is 3. The van der Waals surface area contributed by atoms with Crippen molar-refractivity contribution in [1.82, 2.24) is 15.2 Å². The lowest BCUT2D eigenvalue weighted by Crippen LogP contribution is -2.39. The van der Waals surface area contributed by atoms with Gasteiger partial charge in [0.15, 0.2) is 5.82 Å². The molecule has 1 aromatic carbocycles. The van der Waals surface area contributed by atoms with Crippen LogP contribution in [0.15, 0.2) is 30.3 Å². The monoisotopic (exact) mass is 308 g/mol. The third-order valence-corrected chi connectivity index (χ3v) is 5.35. The maximum atomic E-state index is 11.0. The number of rotatable bonds is 3. The fourth-order valence-electron chi connectivity index (χ4n) is 3.56. The molecule has 2 saturated carbocycles. The molecule has 4 rings (SSSR count). The average molecular weight is 308 g/mol. The van der Waals surface area contributed by atoms with E-state index < -0.39 is 11.0 Å². The van der Waals surface area contributed by atoms with E-state index >= 15 is 0 Å². The Morgan fingerprint density at radius 3 is 2.43 bits per heavy atom. The fourth-order valence-corrected chi connectivity index (χ4v) is 3.56. The van der Waals surface area contributed by atoms with Crippen LogP contribution in [0.4, 0.5) is 0 Å². The van der Waals surface area contributed by atoms with Gasteiger partial charge in [0.1, 0.15) is 11.4 Å². The molecule has 2 fully saturated rings. The van der Waals surface area contributed by atoms with Crippen molar-refractivity contribution in [1.29, 1.82) is 5.26 Å². The summed E-state index contributed by atoms with van der Waals surface area (Å²) in [5, 5.41) is 28.0. The van der Waals surface area contributed by atoms with Crippen LogP contribution >= 0.6 is 0 Å². The number of nitrogens with one attached hydrogen (secondary N) is 1. The van der Waals surface area contributed by atoms with Crippen LogP contribution in [0.5, 0.6) is 0 Å². The van der Waals surface area contributed by atoms with Gasteiger partial charge in [0.2, 0.25) is 0 Å². The van der Waals surface area contributed by atoms with E-state index in [0.717, 1.165) is 24.2 Å². The number of H-pyrrole nitrogens is 1. The van der Waals surface area contributed by atoms with E-state index in [2.05, 4.69) is 21.3 Å². The molecule has 5 nitrogen and oxygen atoms in total. The Labute approximate surface area is 135 Å². The summed E-state index contributed by atoms with van der Waals surface area (Å²) in [6.07, 6.45) is 4.57. The topological polar surface area (TPSA) is 85.6 Å². The van der Waals surface area contributed by atoms with Crippen LogP contribution in [-0.2, 0) is 11.0 Å². The molecule has 5 heteroatoms. The van der Waals surface area contributed by atoms with Crippen LogP contribution in [0.2, 0.25) is 0 Å². The van der Waals surface area contributed by atoms with Gasteiger partial charge in [0.05, 0.1) is 11.5 Å². The highest BCUT2D eigenvalue weighted by molar-refractivity contribution is 5.33. The lowest BCUT2D eigenvalue weighted by atomic mass is 9.66. The number of nitriles is 1. The Hall–Kier alpha value is -2.19. The molecule has 23 heavy (non-hydrogen) atoms. The van der Waals surface area contributed by atoms with Crippen LogP contribution in [-0.4, -0.2) is 20.3 Å². The van der Waals surface area contributed by atoms with Gasteiger partial charge in [0.25, 0.3) is 0 Å². The van der Waals surface area contributed by atoms with Crippen LogP contribution in [0.1, 0.15) is 61.7 Å². The first-order chi connectivity index (χ1) is 11.2. The normalized spacial score (nSPS) is 30.8. The highest BCUT2D eigenvalue weighted by Gasteiger charge is 2.46. The standard InChI is InChI=1S/C18H20N4O/c19-12-17(14-4-2-1-3-5-14)8-10-18(23,11-9-17)16-20-15(21-22-16)13-6-7-13/h1-5,13,23H,6-11H2,(H,20,21,22). The van der Waals surface area contributed by atoms with E-state index in [0.29, 0.717) is 37.4 Å². The maximum Gasteiger partial charge on any atom is 0.182 e. The third-order valence-electron chi connectivity index (χ3n) is 5.35. The number of hydrogen-bond acceptors (Lipinski definition) is 4. The molecule has 0 spiro atoms. The smallest absolute Gasteiger partial charge is 0.182 e. The van der Waals surface area contributed by atoms with Crippen molar-refractivity contribution >= 4 is 0 Å². The van der Waals surface area contributed by atoms with Crippen molar-refractivity contribution in [3.05, 3.63) is 47.5 Å². The number of hydrogen-bond donors (Lipinski definition) is 2. The van der Waals surface area contributed by atoms with Crippen LogP contribution in [0.25, 0.3) is 0 Å². The predicted molar refractivity (Wildman–Crippen MR) is 84.5 cm³/mol. The maximum absolute atomic E-state index is 11.0. The molecular weight excluding hydrogens is 288 g/mol. The Morgan fingerprint density at radius 2 is 1.83 bits per heavy atom. The van der Waals surface area contributed by atoms with Crippen molar-refractivity contribution in [3.8, 4) is 6.07 Å². The Bertz CT molecular complexity index is 734. The van der Waals surface area contributed by atoms with Gasteiger partial charge in [-0.05, 0) is 44.1 Å². The fraction of sp³-hybridized carbons (Fsp3) is 0.500. The Balaban J connectivity index is 1.56. The second-order valence-electron chi connectivity index (χ2n) is 6.91. The summed E-state index contributed by atoms with van der Waals surface area (Å²) in [7, 11) is 0. The average Bonchev–Trinajstić information content (AvgIpc) is 3.33. The van der Waals surface area contributed by atoms with Crippen LogP contribution in [0.3, 0.4) is 0 Å². The molecule has 2 aromatic rings. The summed E-state index contributed by atoms with van der Waals surface area (Å²) in [5.74, 6) is 1.89. The van der Waals surface area contributed by atoms with Crippen LogP contribution in [0, 0.1) is 11.3 Å².